The van der Waals surface area contributed by atoms with E-state index in [1.165, 1.54) is 0 Å². The van der Waals surface area contributed by atoms with Gasteiger partial charge in [-0.25, -0.2) is 4.79 Å². The molecule has 3 rings (SSSR count). The number of hydrogen-bond donors (Lipinski definition) is 1. The summed E-state index contributed by atoms with van der Waals surface area (Å²) in [4.78, 5) is 14.6. The molecule has 1 aromatic carbocycles. The van der Waals surface area contributed by atoms with Gasteiger partial charge in [-0.1, -0.05) is 25.0 Å². The van der Waals surface area contributed by atoms with Gasteiger partial charge in [0.1, 0.15) is 5.76 Å². The Balaban J connectivity index is 1.72. The lowest BCUT2D eigenvalue weighted by molar-refractivity contribution is 0.179. The van der Waals surface area contributed by atoms with E-state index in [1.807, 2.05) is 41.3 Å². The van der Waals surface area contributed by atoms with Crippen LogP contribution in [0.3, 0.4) is 0 Å². The highest BCUT2D eigenvalue weighted by atomic mass is 16.3. The summed E-state index contributed by atoms with van der Waals surface area (Å²) in [5.74, 6) is 0.844. The van der Waals surface area contributed by atoms with Crippen LogP contribution < -0.4 is 5.32 Å². The highest BCUT2D eigenvalue weighted by Crippen LogP contribution is 2.31. The molecule has 0 spiro atoms. The summed E-state index contributed by atoms with van der Waals surface area (Å²) < 4.78 is 5.55. The molecule has 124 valence electrons. The van der Waals surface area contributed by atoms with Crippen molar-refractivity contribution in [1.29, 1.82) is 5.26 Å². The van der Waals surface area contributed by atoms with Gasteiger partial charge in [0.05, 0.1) is 24.8 Å². The van der Waals surface area contributed by atoms with E-state index in [0.717, 1.165) is 49.2 Å². The first-order chi connectivity index (χ1) is 11.8. The van der Waals surface area contributed by atoms with Gasteiger partial charge in [0.15, 0.2) is 0 Å². The number of urea groups is 1. The van der Waals surface area contributed by atoms with E-state index in [2.05, 4.69) is 11.4 Å². The molecule has 1 aliphatic rings. The van der Waals surface area contributed by atoms with Crippen molar-refractivity contribution in [3.05, 3.63) is 54.0 Å². The van der Waals surface area contributed by atoms with Gasteiger partial charge in [-0.2, -0.15) is 5.26 Å². The summed E-state index contributed by atoms with van der Waals surface area (Å²) in [5.41, 5.74) is 1.68. The first-order valence-corrected chi connectivity index (χ1v) is 8.35. The van der Waals surface area contributed by atoms with Crippen LogP contribution in [-0.4, -0.2) is 17.5 Å². The molecule has 0 aliphatic carbocycles. The van der Waals surface area contributed by atoms with Crippen molar-refractivity contribution >= 4 is 11.7 Å². The number of rotatable bonds is 3. The van der Waals surface area contributed by atoms with Gasteiger partial charge in [0.2, 0.25) is 0 Å². The van der Waals surface area contributed by atoms with Crippen LogP contribution >= 0.6 is 0 Å². The number of furan rings is 1. The molecule has 2 heterocycles. The van der Waals surface area contributed by atoms with E-state index in [-0.39, 0.29) is 12.1 Å². The maximum absolute atomic E-state index is 12.8. The minimum atomic E-state index is -0.105. The van der Waals surface area contributed by atoms with Crippen molar-refractivity contribution in [1.82, 2.24) is 4.90 Å². The number of nitrogens with one attached hydrogen (secondary N) is 1. The maximum Gasteiger partial charge on any atom is 0.322 e. The molecule has 1 fully saturated rings. The maximum atomic E-state index is 12.8. The lowest BCUT2D eigenvalue weighted by Crippen LogP contribution is -2.37. The zero-order chi connectivity index (χ0) is 16.8. The van der Waals surface area contributed by atoms with Gasteiger partial charge in [0, 0.05) is 12.2 Å². The van der Waals surface area contributed by atoms with E-state index >= 15 is 0 Å². The average molecular weight is 323 g/mol. The predicted molar refractivity (Wildman–Crippen MR) is 91.4 cm³/mol. The van der Waals surface area contributed by atoms with E-state index in [0.29, 0.717) is 6.42 Å². The van der Waals surface area contributed by atoms with E-state index in [4.69, 9.17) is 9.68 Å². The van der Waals surface area contributed by atoms with E-state index < -0.39 is 0 Å². The van der Waals surface area contributed by atoms with Crippen molar-refractivity contribution in [2.75, 3.05) is 11.9 Å². The van der Waals surface area contributed by atoms with Crippen LogP contribution in [0.1, 0.15) is 43.0 Å². The molecule has 0 radical (unpaired) electrons. The number of nitrogens with zero attached hydrogens (tertiary/aromatic N) is 2. The second-order valence-corrected chi connectivity index (χ2v) is 6.04. The van der Waals surface area contributed by atoms with Crippen LogP contribution in [0.25, 0.3) is 0 Å². The van der Waals surface area contributed by atoms with Crippen molar-refractivity contribution in [2.45, 2.75) is 38.1 Å². The SMILES string of the molecule is N#CCc1ccc(NC(=O)N2CCCCC[C@H]2c2ccco2)cc1. The Bertz CT molecular complexity index is 701. The van der Waals surface area contributed by atoms with Crippen molar-refractivity contribution in [3.63, 3.8) is 0 Å². The molecule has 0 unspecified atom stereocenters. The van der Waals surface area contributed by atoms with Crippen LogP contribution in [0.5, 0.6) is 0 Å². The number of amides is 2. The fraction of sp³-hybridized carbons (Fsp3) is 0.368. The molecule has 1 N–H and O–H groups in total. The predicted octanol–water partition coefficient (Wildman–Crippen LogP) is 4.49. The Kier molecular flexibility index (Phi) is 5.17. The summed E-state index contributed by atoms with van der Waals surface area (Å²) in [5, 5.41) is 11.7. The Morgan fingerprint density at radius 1 is 1.25 bits per heavy atom. The summed E-state index contributed by atoms with van der Waals surface area (Å²) in [6.45, 7) is 0.726. The van der Waals surface area contributed by atoms with Crippen LogP contribution in [-0.2, 0) is 6.42 Å². The first kappa shape index (κ1) is 16.1. The minimum Gasteiger partial charge on any atom is -0.467 e. The fourth-order valence-corrected chi connectivity index (χ4v) is 3.12. The fourth-order valence-electron chi connectivity index (χ4n) is 3.12. The highest BCUT2D eigenvalue weighted by Gasteiger charge is 2.28. The number of carbonyl (C=O) groups is 1. The zero-order valence-electron chi connectivity index (χ0n) is 13.6. The average Bonchev–Trinajstić information content (AvgIpc) is 3.01. The lowest BCUT2D eigenvalue weighted by Gasteiger charge is -2.28. The molecule has 24 heavy (non-hydrogen) atoms. The molecule has 0 saturated carbocycles. The van der Waals surface area contributed by atoms with Crippen molar-refractivity contribution in [2.24, 2.45) is 0 Å². The van der Waals surface area contributed by atoms with Gasteiger partial charge in [-0.05, 0) is 42.7 Å². The minimum absolute atomic E-state index is 0.0136. The number of nitriles is 1. The van der Waals surface area contributed by atoms with E-state index in [1.54, 1.807) is 6.26 Å². The Labute approximate surface area is 141 Å². The standard InChI is InChI=1S/C19H21N3O2/c20-12-11-15-7-9-16(10-8-15)21-19(23)22-13-3-1-2-5-17(22)18-6-4-14-24-18/h4,6-10,14,17H,1-3,5,11,13H2,(H,21,23)/t17-/m0/s1. The number of likely N-dealkylation sites (tertiary alicyclic amines) is 1. The van der Waals surface area contributed by atoms with Crippen LogP contribution in [0, 0.1) is 11.3 Å². The molecule has 1 aliphatic heterocycles. The van der Waals surface area contributed by atoms with Crippen LogP contribution in [0.4, 0.5) is 10.5 Å². The molecule has 5 heteroatoms. The summed E-state index contributed by atoms with van der Waals surface area (Å²) in [7, 11) is 0. The van der Waals surface area contributed by atoms with Crippen LogP contribution in [0.2, 0.25) is 0 Å². The number of benzene rings is 1. The molecule has 5 nitrogen and oxygen atoms in total. The molecule has 1 aromatic heterocycles. The smallest absolute Gasteiger partial charge is 0.322 e. The van der Waals surface area contributed by atoms with Gasteiger partial charge in [0.25, 0.3) is 0 Å². The zero-order valence-corrected chi connectivity index (χ0v) is 13.6. The molecule has 2 aromatic rings. The number of carbonyl (C=O) groups excluding carboxylic acids is 1. The molecule has 1 atom stereocenters. The Morgan fingerprint density at radius 3 is 2.79 bits per heavy atom. The molecule has 1 saturated heterocycles. The third kappa shape index (κ3) is 3.77. The lowest BCUT2D eigenvalue weighted by atomic mass is 10.1. The summed E-state index contributed by atoms with van der Waals surface area (Å²) in [6.07, 6.45) is 6.18. The third-order valence-electron chi connectivity index (χ3n) is 4.37. The quantitative estimate of drug-likeness (QED) is 0.904. The topological polar surface area (TPSA) is 69.3 Å². The molecule has 0 bridgehead atoms. The van der Waals surface area contributed by atoms with Gasteiger partial charge in [-0.15, -0.1) is 0 Å². The number of hydrogen-bond acceptors (Lipinski definition) is 3. The van der Waals surface area contributed by atoms with Gasteiger partial charge in [-0.3, -0.25) is 0 Å². The monoisotopic (exact) mass is 323 g/mol. The Morgan fingerprint density at radius 2 is 2.08 bits per heavy atom. The highest BCUT2D eigenvalue weighted by molar-refractivity contribution is 5.89. The van der Waals surface area contributed by atoms with E-state index in [9.17, 15) is 4.79 Å². The molecule has 2 amide bonds. The first-order valence-electron chi connectivity index (χ1n) is 8.35. The van der Waals surface area contributed by atoms with Crippen LogP contribution in [0.15, 0.2) is 47.1 Å². The second kappa shape index (κ2) is 7.69. The summed E-state index contributed by atoms with van der Waals surface area (Å²) >= 11 is 0. The largest absolute Gasteiger partial charge is 0.467 e. The van der Waals surface area contributed by atoms with Gasteiger partial charge >= 0.3 is 6.03 Å². The second-order valence-electron chi connectivity index (χ2n) is 6.04. The van der Waals surface area contributed by atoms with Crippen molar-refractivity contribution < 1.29 is 9.21 Å². The number of anilines is 1. The molecular weight excluding hydrogens is 302 g/mol. The normalized spacial score (nSPS) is 17.8. The van der Waals surface area contributed by atoms with Gasteiger partial charge < -0.3 is 14.6 Å². The third-order valence-corrected chi connectivity index (χ3v) is 4.37. The summed E-state index contributed by atoms with van der Waals surface area (Å²) in [6, 6.07) is 13.2. The molecular formula is C19H21N3O2. The Hall–Kier alpha value is -2.74. The van der Waals surface area contributed by atoms with Crippen molar-refractivity contribution in [3.8, 4) is 6.07 Å².